The summed E-state index contributed by atoms with van der Waals surface area (Å²) in [4.78, 5) is 27.5. The molecule has 1 fully saturated rings. The molecule has 2 heterocycles. The van der Waals surface area contributed by atoms with Crippen LogP contribution >= 0.6 is 0 Å². The molecule has 0 atom stereocenters. The molecule has 0 unspecified atom stereocenters. The first-order chi connectivity index (χ1) is 13.7. The first kappa shape index (κ1) is 20.7. The zero-order valence-corrected chi connectivity index (χ0v) is 16.2. The fraction of sp³-hybridized carbons (Fsp3) is 0.421. The number of nitrogens with zero attached hydrogens (tertiary/aromatic N) is 4. The quantitative estimate of drug-likeness (QED) is 0.848. The Morgan fingerprint density at radius 1 is 1.07 bits per heavy atom. The molecule has 7 nitrogen and oxygen atoms in total. The Labute approximate surface area is 166 Å². The highest BCUT2D eigenvalue weighted by atomic mass is 19.4. The van der Waals surface area contributed by atoms with E-state index in [1.165, 1.54) is 21.9 Å². The van der Waals surface area contributed by atoms with Gasteiger partial charge in [-0.15, -0.1) is 0 Å². The molecule has 0 bridgehead atoms. The number of amides is 3. The van der Waals surface area contributed by atoms with Gasteiger partial charge in [-0.1, -0.05) is 17.7 Å². The topological polar surface area (TPSA) is 70.5 Å². The van der Waals surface area contributed by atoms with E-state index in [0.29, 0.717) is 6.54 Å². The number of rotatable bonds is 3. The van der Waals surface area contributed by atoms with Gasteiger partial charge in [0, 0.05) is 32.7 Å². The third-order valence-corrected chi connectivity index (χ3v) is 4.73. The largest absolute Gasteiger partial charge is 0.434 e. The molecule has 0 spiro atoms. The molecular formula is C19H22F3N5O2. The van der Waals surface area contributed by atoms with Crippen molar-refractivity contribution in [2.45, 2.75) is 20.0 Å². The van der Waals surface area contributed by atoms with E-state index in [-0.39, 0.29) is 37.9 Å². The summed E-state index contributed by atoms with van der Waals surface area (Å²) in [6.07, 6.45) is -3.80. The summed E-state index contributed by atoms with van der Waals surface area (Å²) in [5.41, 5.74) is -0.471. The molecule has 1 aliphatic heterocycles. The second-order valence-electron chi connectivity index (χ2n) is 6.77. The van der Waals surface area contributed by atoms with Gasteiger partial charge in [-0.3, -0.25) is 4.79 Å². The van der Waals surface area contributed by atoms with Crippen LogP contribution in [0.15, 0.2) is 30.5 Å². The normalized spacial score (nSPS) is 14.8. The van der Waals surface area contributed by atoms with Gasteiger partial charge in [0.1, 0.15) is 0 Å². The van der Waals surface area contributed by atoms with Gasteiger partial charge in [0.2, 0.25) is 0 Å². The maximum Gasteiger partial charge on any atom is 0.434 e. The zero-order chi connectivity index (χ0) is 21.2. The Kier molecular flexibility index (Phi) is 5.81. The molecule has 156 valence electrons. The number of aromatic nitrogens is 2. The van der Waals surface area contributed by atoms with Crippen molar-refractivity contribution < 1.29 is 22.8 Å². The van der Waals surface area contributed by atoms with Crippen LogP contribution < -0.4 is 5.32 Å². The maximum absolute atomic E-state index is 13.8. The predicted octanol–water partition coefficient (Wildman–Crippen LogP) is 2.69. The van der Waals surface area contributed by atoms with Crippen LogP contribution in [0.3, 0.4) is 0 Å². The fourth-order valence-electron chi connectivity index (χ4n) is 3.21. The number of aryl methyl sites for hydroxylation is 1. The number of carbonyl (C=O) groups is 2. The highest BCUT2D eigenvalue weighted by Crippen LogP contribution is 2.34. The second-order valence-corrected chi connectivity index (χ2v) is 6.77. The van der Waals surface area contributed by atoms with Gasteiger partial charge in [0.05, 0.1) is 17.4 Å². The lowest BCUT2D eigenvalue weighted by molar-refractivity contribution is -0.143. The Hall–Kier alpha value is -3.04. The van der Waals surface area contributed by atoms with E-state index >= 15 is 0 Å². The summed E-state index contributed by atoms with van der Waals surface area (Å²) < 4.78 is 42.1. The molecule has 3 rings (SSSR count). The number of urea groups is 1. The Morgan fingerprint density at radius 2 is 1.66 bits per heavy atom. The van der Waals surface area contributed by atoms with Crippen molar-refractivity contribution in [3.05, 3.63) is 47.3 Å². The number of benzene rings is 1. The number of alkyl halides is 3. The van der Waals surface area contributed by atoms with E-state index in [2.05, 4.69) is 10.4 Å². The average molecular weight is 409 g/mol. The van der Waals surface area contributed by atoms with Crippen LogP contribution in [-0.2, 0) is 6.18 Å². The lowest BCUT2D eigenvalue weighted by atomic mass is 10.1. The van der Waals surface area contributed by atoms with E-state index in [1.807, 2.05) is 6.92 Å². The molecule has 0 aliphatic carbocycles. The van der Waals surface area contributed by atoms with Crippen LogP contribution in [0.1, 0.15) is 28.5 Å². The minimum absolute atomic E-state index is 0.156. The fourth-order valence-corrected chi connectivity index (χ4v) is 3.21. The first-order valence-corrected chi connectivity index (χ1v) is 9.26. The molecular weight excluding hydrogens is 387 g/mol. The first-order valence-electron chi connectivity index (χ1n) is 9.26. The van der Waals surface area contributed by atoms with Gasteiger partial charge >= 0.3 is 12.2 Å². The lowest BCUT2D eigenvalue weighted by Crippen LogP contribution is -2.53. The van der Waals surface area contributed by atoms with Crippen molar-refractivity contribution in [2.24, 2.45) is 0 Å². The van der Waals surface area contributed by atoms with Crippen LogP contribution in [0.4, 0.5) is 18.0 Å². The van der Waals surface area contributed by atoms with Crippen molar-refractivity contribution in [2.75, 3.05) is 32.7 Å². The second kappa shape index (κ2) is 8.14. The molecule has 1 saturated heterocycles. The highest BCUT2D eigenvalue weighted by Gasteiger charge is 2.41. The molecule has 2 aromatic rings. The van der Waals surface area contributed by atoms with Crippen molar-refractivity contribution in [3.8, 4) is 5.69 Å². The minimum atomic E-state index is -4.75. The molecule has 0 saturated carbocycles. The predicted molar refractivity (Wildman–Crippen MR) is 99.9 cm³/mol. The number of nitrogens with one attached hydrogen (secondary N) is 1. The maximum atomic E-state index is 13.8. The van der Waals surface area contributed by atoms with E-state index < -0.39 is 23.3 Å². The molecule has 1 aromatic heterocycles. The highest BCUT2D eigenvalue weighted by molar-refractivity contribution is 5.95. The molecule has 10 heteroatoms. The van der Waals surface area contributed by atoms with Gasteiger partial charge in [-0.2, -0.15) is 18.3 Å². The van der Waals surface area contributed by atoms with Gasteiger partial charge < -0.3 is 15.1 Å². The van der Waals surface area contributed by atoms with E-state index in [1.54, 1.807) is 19.1 Å². The van der Waals surface area contributed by atoms with Crippen LogP contribution in [-0.4, -0.2) is 64.2 Å². The summed E-state index contributed by atoms with van der Waals surface area (Å²) in [6.45, 7) is 4.92. The number of piperazine rings is 1. The van der Waals surface area contributed by atoms with Gasteiger partial charge in [0.25, 0.3) is 5.91 Å². The van der Waals surface area contributed by atoms with Crippen LogP contribution in [0.2, 0.25) is 0 Å². The Morgan fingerprint density at radius 3 is 2.21 bits per heavy atom. The molecule has 3 amide bonds. The number of carbonyl (C=O) groups excluding carboxylic acids is 2. The lowest BCUT2D eigenvalue weighted by Gasteiger charge is -2.34. The minimum Gasteiger partial charge on any atom is -0.338 e. The van der Waals surface area contributed by atoms with E-state index in [9.17, 15) is 22.8 Å². The third-order valence-electron chi connectivity index (χ3n) is 4.73. The van der Waals surface area contributed by atoms with E-state index in [4.69, 9.17) is 0 Å². The van der Waals surface area contributed by atoms with Crippen LogP contribution in [0.5, 0.6) is 0 Å². The van der Waals surface area contributed by atoms with Gasteiger partial charge in [0.15, 0.2) is 5.69 Å². The molecule has 1 aromatic carbocycles. The van der Waals surface area contributed by atoms with Crippen molar-refractivity contribution in [1.29, 1.82) is 0 Å². The monoisotopic (exact) mass is 409 g/mol. The number of hydrogen-bond donors (Lipinski definition) is 1. The standard InChI is InChI=1S/C19H22F3N5O2/c1-3-23-18(29)26-10-8-25(9-11-26)17(28)15-12-24-27(16(15)19(20,21)22)14-6-4-13(2)5-7-14/h4-7,12H,3,8-11H2,1-2H3,(H,23,29). The van der Waals surface area contributed by atoms with Crippen molar-refractivity contribution in [1.82, 2.24) is 24.9 Å². The third kappa shape index (κ3) is 4.36. The molecule has 1 aliphatic rings. The summed E-state index contributed by atoms with van der Waals surface area (Å²) in [6, 6.07) is 6.16. The van der Waals surface area contributed by atoms with Crippen molar-refractivity contribution in [3.63, 3.8) is 0 Å². The van der Waals surface area contributed by atoms with Crippen LogP contribution in [0.25, 0.3) is 5.69 Å². The zero-order valence-electron chi connectivity index (χ0n) is 16.2. The SMILES string of the molecule is CCNC(=O)N1CCN(C(=O)c2cnn(-c3ccc(C)cc3)c2C(F)(F)F)CC1. The summed E-state index contributed by atoms with van der Waals surface area (Å²) in [7, 11) is 0. The summed E-state index contributed by atoms with van der Waals surface area (Å²) >= 11 is 0. The average Bonchev–Trinajstić information content (AvgIpc) is 3.14. The van der Waals surface area contributed by atoms with Gasteiger partial charge in [-0.05, 0) is 26.0 Å². The summed E-state index contributed by atoms with van der Waals surface area (Å²) in [5.74, 6) is -0.744. The Bertz CT molecular complexity index is 884. The molecule has 29 heavy (non-hydrogen) atoms. The van der Waals surface area contributed by atoms with Crippen LogP contribution in [0, 0.1) is 6.92 Å². The van der Waals surface area contributed by atoms with Crippen molar-refractivity contribution >= 4 is 11.9 Å². The van der Waals surface area contributed by atoms with E-state index in [0.717, 1.165) is 16.4 Å². The molecule has 0 radical (unpaired) electrons. The number of halogens is 3. The summed E-state index contributed by atoms with van der Waals surface area (Å²) in [5, 5.41) is 6.51. The smallest absolute Gasteiger partial charge is 0.338 e. The Balaban J connectivity index is 1.85. The molecule has 1 N–H and O–H groups in total. The number of hydrogen-bond acceptors (Lipinski definition) is 3. The van der Waals surface area contributed by atoms with Gasteiger partial charge in [-0.25, -0.2) is 9.48 Å².